The maximum absolute atomic E-state index is 13.6. The Morgan fingerprint density at radius 2 is 1.95 bits per heavy atom. The highest BCUT2D eigenvalue weighted by Crippen LogP contribution is 2.11. The molecule has 0 atom stereocenters. The number of nitrogens with one attached hydrogen (secondary N) is 1. The van der Waals surface area contributed by atoms with Crippen molar-refractivity contribution < 1.29 is 9.18 Å². The van der Waals surface area contributed by atoms with Crippen molar-refractivity contribution >= 4 is 5.91 Å². The highest BCUT2D eigenvalue weighted by molar-refractivity contribution is 5.92. The summed E-state index contributed by atoms with van der Waals surface area (Å²) in [7, 11) is 0. The fraction of sp³-hybridized carbons (Fsp3) is 0.588. The van der Waals surface area contributed by atoms with Crippen LogP contribution in [0.2, 0.25) is 0 Å². The third-order valence-corrected chi connectivity index (χ3v) is 3.53. The number of primary amides is 1. The molecule has 0 saturated heterocycles. The highest BCUT2D eigenvalue weighted by atomic mass is 19.1. The zero-order valence-corrected chi connectivity index (χ0v) is 13.1. The molecule has 0 fully saturated rings. The molecule has 118 valence electrons. The molecule has 1 aromatic rings. The lowest BCUT2D eigenvalue weighted by Crippen LogP contribution is -2.17. The van der Waals surface area contributed by atoms with Gasteiger partial charge in [0.2, 0.25) is 5.91 Å². The largest absolute Gasteiger partial charge is 0.366 e. The van der Waals surface area contributed by atoms with E-state index in [1.54, 1.807) is 0 Å². The number of carbonyl (C=O) groups excluding carboxylic acids is 1. The molecular weight excluding hydrogens is 267 g/mol. The summed E-state index contributed by atoms with van der Waals surface area (Å²) in [6.45, 7) is 5.79. The zero-order chi connectivity index (χ0) is 15.7. The number of amides is 1. The Labute approximate surface area is 127 Å². The van der Waals surface area contributed by atoms with Gasteiger partial charge in [0.05, 0.1) is 0 Å². The molecule has 0 bridgehead atoms. The molecule has 0 aliphatic carbocycles. The van der Waals surface area contributed by atoms with E-state index in [2.05, 4.69) is 19.2 Å². The first kappa shape index (κ1) is 17.6. The molecule has 0 spiro atoms. The first-order valence-electron chi connectivity index (χ1n) is 7.79. The molecule has 0 aliphatic heterocycles. The van der Waals surface area contributed by atoms with Crippen molar-refractivity contribution in [1.29, 1.82) is 0 Å². The molecule has 4 heteroatoms. The van der Waals surface area contributed by atoms with Gasteiger partial charge in [-0.1, -0.05) is 39.5 Å². The number of rotatable bonds is 10. The average molecular weight is 294 g/mol. The molecular formula is C17H27FN2O. The highest BCUT2D eigenvalue weighted by Gasteiger charge is 2.06. The number of hydrogen-bond acceptors (Lipinski definition) is 2. The Balaban J connectivity index is 2.21. The predicted molar refractivity (Wildman–Crippen MR) is 84.5 cm³/mol. The van der Waals surface area contributed by atoms with Gasteiger partial charge in [-0.05, 0) is 37.1 Å². The molecule has 0 aromatic heterocycles. The third kappa shape index (κ3) is 7.23. The van der Waals surface area contributed by atoms with Crippen molar-refractivity contribution in [3.63, 3.8) is 0 Å². The summed E-state index contributed by atoms with van der Waals surface area (Å²) in [6.07, 6.45) is 6.12. The molecule has 0 heterocycles. The van der Waals surface area contributed by atoms with Crippen molar-refractivity contribution in [2.75, 3.05) is 6.54 Å². The van der Waals surface area contributed by atoms with Crippen LogP contribution in [-0.2, 0) is 6.54 Å². The Kier molecular flexibility index (Phi) is 7.98. The number of carbonyl (C=O) groups is 1. The lowest BCUT2D eigenvalue weighted by molar-refractivity contribution is 0.1000. The van der Waals surface area contributed by atoms with Crippen molar-refractivity contribution in [3.8, 4) is 0 Å². The lowest BCUT2D eigenvalue weighted by Gasteiger charge is -2.08. The van der Waals surface area contributed by atoms with Crippen LogP contribution in [0.15, 0.2) is 18.2 Å². The van der Waals surface area contributed by atoms with Gasteiger partial charge in [-0.15, -0.1) is 0 Å². The number of halogens is 1. The number of nitrogens with two attached hydrogens (primary N) is 1. The molecule has 21 heavy (non-hydrogen) atoms. The summed E-state index contributed by atoms with van der Waals surface area (Å²) in [4.78, 5) is 11.1. The van der Waals surface area contributed by atoms with Crippen LogP contribution in [0.3, 0.4) is 0 Å². The summed E-state index contributed by atoms with van der Waals surface area (Å²) in [5, 5.41) is 3.22. The lowest BCUT2D eigenvalue weighted by atomic mass is 10.0. The van der Waals surface area contributed by atoms with Gasteiger partial charge in [0.15, 0.2) is 0 Å². The van der Waals surface area contributed by atoms with Gasteiger partial charge in [-0.2, -0.15) is 0 Å². The van der Waals surface area contributed by atoms with E-state index in [9.17, 15) is 9.18 Å². The van der Waals surface area contributed by atoms with Gasteiger partial charge in [0.1, 0.15) is 5.82 Å². The third-order valence-electron chi connectivity index (χ3n) is 3.53. The van der Waals surface area contributed by atoms with Gasteiger partial charge >= 0.3 is 0 Å². The van der Waals surface area contributed by atoms with Gasteiger partial charge in [0, 0.05) is 17.7 Å². The molecule has 0 unspecified atom stereocenters. The molecule has 1 aromatic carbocycles. The Morgan fingerprint density at radius 1 is 1.24 bits per heavy atom. The van der Waals surface area contributed by atoms with Crippen LogP contribution in [0.5, 0.6) is 0 Å². The van der Waals surface area contributed by atoms with E-state index in [0.717, 1.165) is 18.9 Å². The SMILES string of the molecule is CC(C)CCCCCCNCc1cc(C(N)=O)ccc1F. The molecule has 1 amide bonds. The molecule has 1 rings (SSSR count). The minimum Gasteiger partial charge on any atom is -0.366 e. The Hall–Kier alpha value is -1.42. The fourth-order valence-corrected chi connectivity index (χ4v) is 2.24. The standard InChI is InChI=1S/C17H27FN2O/c1-13(2)7-5-3-4-6-10-20-12-15-11-14(17(19)21)8-9-16(15)18/h8-9,11,13,20H,3-7,10,12H2,1-2H3,(H2,19,21). The minimum atomic E-state index is -0.526. The number of unbranched alkanes of at least 4 members (excludes halogenated alkanes) is 3. The summed E-state index contributed by atoms with van der Waals surface area (Å²) in [5.74, 6) is -0.0468. The van der Waals surface area contributed by atoms with E-state index < -0.39 is 5.91 Å². The van der Waals surface area contributed by atoms with Crippen LogP contribution in [0.1, 0.15) is 61.9 Å². The summed E-state index contributed by atoms with van der Waals surface area (Å²) in [5.41, 5.74) is 6.04. The van der Waals surface area contributed by atoms with E-state index in [4.69, 9.17) is 5.73 Å². The van der Waals surface area contributed by atoms with E-state index in [1.165, 1.54) is 43.9 Å². The van der Waals surface area contributed by atoms with Crippen LogP contribution in [0, 0.1) is 11.7 Å². The van der Waals surface area contributed by atoms with Gasteiger partial charge in [-0.3, -0.25) is 4.79 Å². The molecule has 0 radical (unpaired) electrons. The van der Waals surface area contributed by atoms with Crippen LogP contribution in [-0.4, -0.2) is 12.5 Å². The second-order valence-corrected chi connectivity index (χ2v) is 5.94. The van der Waals surface area contributed by atoms with Crippen LogP contribution < -0.4 is 11.1 Å². The topological polar surface area (TPSA) is 55.1 Å². The second kappa shape index (κ2) is 9.50. The second-order valence-electron chi connectivity index (χ2n) is 5.94. The van der Waals surface area contributed by atoms with Crippen molar-refractivity contribution in [3.05, 3.63) is 35.1 Å². The van der Waals surface area contributed by atoms with Gasteiger partial charge in [0.25, 0.3) is 0 Å². The molecule has 0 saturated carbocycles. The fourth-order valence-electron chi connectivity index (χ4n) is 2.24. The first-order chi connectivity index (χ1) is 10.0. The minimum absolute atomic E-state index is 0.301. The first-order valence-corrected chi connectivity index (χ1v) is 7.79. The van der Waals surface area contributed by atoms with E-state index >= 15 is 0 Å². The average Bonchev–Trinajstić information content (AvgIpc) is 2.43. The molecule has 3 nitrogen and oxygen atoms in total. The molecule has 3 N–H and O–H groups in total. The van der Waals surface area contributed by atoms with Crippen LogP contribution in [0.25, 0.3) is 0 Å². The van der Waals surface area contributed by atoms with Crippen LogP contribution >= 0.6 is 0 Å². The van der Waals surface area contributed by atoms with Crippen molar-refractivity contribution in [1.82, 2.24) is 5.32 Å². The summed E-state index contributed by atoms with van der Waals surface area (Å²) < 4.78 is 13.6. The Morgan fingerprint density at radius 3 is 2.62 bits per heavy atom. The van der Waals surface area contributed by atoms with Crippen molar-refractivity contribution in [2.45, 2.75) is 52.5 Å². The predicted octanol–water partition coefficient (Wildman–Crippen LogP) is 3.62. The number of benzene rings is 1. The van der Waals surface area contributed by atoms with E-state index in [1.807, 2.05) is 0 Å². The summed E-state index contributed by atoms with van der Waals surface area (Å²) >= 11 is 0. The van der Waals surface area contributed by atoms with E-state index in [0.29, 0.717) is 17.7 Å². The smallest absolute Gasteiger partial charge is 0.248 e. The maximum Gasteiger partial charge on any atom is 0.248 e. The van der Waals surface area contributed by atoms with Gasteiger partial charge < -0.3 is 11.1 Å². The van der Waals surface area contributed by atoms with E-state index in [-0.39, 0.29) is 5.82 Å². The Bertz CT molecular complexity index is 446. The van der Waals surface area contributed by atoms with Crippen molar-refractivity contribution in [2.24, 2.45) is 11.7 Å². The zero-order valence-electron chi connectivity index (χ0n) is 13.1. The summed E-state index contributed by atoms with van der Waals surface area (Å²) in [6, 6.07) is 4.23. The number of hydrogen-bond donors (Lipinski definition) is 2. The normalized spacial score (nSPS) is 11.0. The monoisotopic (exact) mass is 294 g/mol. The quantitative estimate of drug-likeness (QED) is 0.648. The van der Waals surface area contributed by atoms with Gasteiger partial charge in [-0.25, -0.2) is 4.39 Å². The molecule has 0 aliphatic rings. The maximum atomic E-state index is 13.6. The van der Waals surface area contributed by atoms with Crippen LogP contribution in [0.4, 0.5) is 4.39 Å².